The predicted octanol–water partition coefficient (Wildman–Crippen LogP) is 3.03. The van der Waals surface area contributed by atoms with E-state index in [1.807, 2.05) is 17.0 Å². The fourth-order valence-electron chi connectivity index (χ4n) is 3.65. The SMILES string of the molecule is CNc1ncc(C(=O)N2CCCN(Cc3ccc(F)cc3)[C@H](C(C)C)C2)cn1. The highest BCUT2D eigenvalue weighted by molar-refractivity contribution is 5.93. The molecule has 7 heteroatoms. The van der Waals surface area contributed by atoms with Crippen LogP contribution >= 0.6 is 0 Å². The van der Waals surface area contributed by atoms with E-state index in [1.54, 1.807) is 19.4 Å². The molecule has 2 aromatic rings. The Labute approximate surface area is 165 Å². The number of carbonyl (C=O) groups is 1. The zero-order chi connectivity index (χ0) is 20.1. The molecule has 0 spiro atoms. The van der Waals surface area contributed by atoms with Crippen LogP contribution in [0.5, 0.6) is 0 Å². The third kappa shape index (κ3) is 4.84. The average Bonchev–Trinajstić information content (AvgIpc) is 2.92. The fourth-order valence-corrected chi connectivity index (χ4v) is 3.65. The van der Waals surface area contributed by atoms with E-state index in [0.717, 1.165) is 25.1 Å². The molecule has 0 unspecified atom stereocenters. The zero-order valence-electron chi connectivity index (χ0n) is 16.7. The van der Waals surface area contributed by atoms with Crippen LogP contribution in [0.4, 0.5) is 10.3 Å². The summed E-state index contributed by atoms with van der Waals surface area (Å²) >= 11 is 0. The van der Waals surface area contributed by atoms with Gasteiger partial charge in [-0.05, 0) is 30.0 Å². The number of hydrogen-bond donors (Lipinski definition) is 1. The lowest BCUT2D eigenvalue weighted by atomic mass is 10.0. The molecule has 0 radical (unpaired) electrons. The molecule has 1 fully saturated rings. The van der Waals surface area contributed by atoms with Crippen LogP contribution in [-0.4, -0.2) is 58.4 Å². The standard InChI is InChI=1S/C21H28FN5O/c1-15(2)19-14-27(20(28)17-11-24-21(23-3)25-12-17)10-4-9-26(19)13-16-5-7-18(22)8-6-16/h5-8,11-12,15,19H,4,9-10,13-14H2,1-3H3,(H,23,24,25)/t19-/m0/s1. The predicted molar refractivity (Wildman–Crippen MR) is 108 cm³/mol. The molecule has 1 amide bonds. The number of nitrogens with zero attached hydrogens (tertiary/aromatic N) is 4. The van der Waals surface area contributed by atoms with Crippen LogP contribution in [0, 0.1) is 11.7 Å². The molecule has 1 aromatic carbocycles. The van der Waals surface area contributed by atoms with Crippen molar-refractivity contribution >= 4 is 11.9 Å². The lowest BCUT2D eigenvalue weighted by Gasteiger charge is -2.34. The second-order valence-electron chi connectivity index (χ2n) is 7.56. The molecule has 1 saturated heterocycles. The number of rotatable bonds is 5. The number of halogens is 1. The van der Waals surface area contributed by atoms with Crippen molar-refractivity contribution in [1.82, 2.24) is 19.8 Å². The summed E-state index contributed by atoms with van der Waals surface area (Å²) in [5, 5.41) is 2.86. The molecule has 2 heterocycles. The molecule has 28 heavy (non-hydrogen) atoms. The fraction of sp³-hybridized carbons (Fsp3) is 0.476. The van der Waals surface area contributed by atoms with E-state index in [-0.39, 0.29) is 17.8 Å². The van der Waals surface area contributed by atoms with Gasteiger partial charge < -0.3 is 10.2 Å². The maximum atomic E-state index is 13.2. The number of nitrogens with one attached hydrogen (secondary N) is 1. The first-order valence-corrected chi connectivity index (χ1v) is 9.75. The van der Waals surface area contributed by atoms with Gasteiger partial charge in [0, 0.05) is 51.7 Å². The topological polar surface area (TPSA) is 61.4 Å². The molecule has 1 atom stereocenters. The zero-order valence-corrected chi connectivity index (χ0v) is 16.7. The van der Waals surface area contributed by atoms with E-state index in [4.69, 9.17) is 0 Å². The van der Waals surface area contributed by atoms with E-state index in [0.29, 0.717) is 30.5 Å². The highest BCUT2D eigenvalue weighted by Crippen LogP contribution is 2.21. The number of aromatic nitrogens is 2. The Balaban J connectivity index is 1.74. The van der Waals surface area contributed by atoms with E-state index in [2.05, 4.69) is 34.0 Å². The Morgan fingerprint density at radius 2 is 1.89 bits per heavy atom. The van der Waals surface area contributed by atoms with Gasteiger partial charge in [0.15, 0.2) is 0 Å². The van der Waals surface area contributed by atoms with Gasteiger partial charge in [-0.2, -0.15) is 0 Å². The lowest BCUT2D eigenvalue weighted by Crippen LogP contribution is -2.45. The number of benzene rings is 1. The first-order chi connectivity index (χ1) is 13.5. The second-order valence-corrected chi connectivity index (χ2v) is 7.56. The summed E-state index contributed by atoms with van der Waals surface area (Å²) in [7, 11) is 1.74. The smallest absolute Gasteiger partial charge is 0.257 e. The monoisotopic (exact) mass is 385 g/mol. The van der Waals surface area contributed by atoms with Crippen LogP contribution < -0.4 is 5.32 Å². The minimum atomic E-state index is -0.219. The van der Waals surface area contributed by atoms with Gasteiger partial charge in [0.2, 0.25) is 5.95 Å². The summed E-state index contributed by atoms with van der Waals surface area (Å²) in [6.45, 7) is 7.38. The van der Waals surface area contributed by atoms with Gasteiger partial charge >= 0.3 is 0 Å². The first kappa shape index (κ1) is 20.2. The Hall–Kier alpha value is -2.54. The molecule has 1 aliphatic heterocycles. The highest BCUT2D eigenvalue weighted by Gasteiger charge is 2.30. The number of hydrogen-bond acceptors (Lipinski definition) is 5. The summed E-state index contributed by atoms with van der Waals surface area (Å²) in [5.74, 6) is 0.634. The van der Waals surface area contributed by atoms with Crippen LogP contribution in [0.1, 0.15) is 36.2 Å². The van der Waals surface area contributed by atoms with Gasteiger partial charge in [0.05, 0.1) is 5.56 Å². The maximum absolute atomic E-state index is 13.2. The summed E-state index contributed by atoms with van der Waals surface area (Å²) in [6, 6.07) is 6.90. The van der Waals surface area contributed by atoms with Gasteiger partial charge in [-0.3, -0.25) is 9.69 Å². The van der Waals surface area contributed by atoms with Crippen molar-refractivity contribution in [2.24, 2.45) is 5.92 Å². The molecule has 150 valence electrons. The lowest BCUT2D eigenvalue weighted by molar-refractivity contribution is 0.0701. The van der Waals surface area contributed by atoms with Gasteiger partial charge in [-0.25, -0.2) is 14.4 Å². The number of anilines is 1. The molecule has 0 aliphatic carbocycles. The van der Waals surface area contributed by atoms with Crippen molar-refractivity contribution in [3.63, 3.8) is 0 Å². The van der Waals surface area contributed by atoms with Crippen molar-refractivity contribution < 1.29 is 9.18 Å². The van der Waals surface area contributed by atoms with Crippen molar-refractivity contribution in [3.8, 4) is 0 Å². The quantitative estimate of drug-likeness (QED) is 0.857. The van der Waals surface area contributed by atoms with E-state index in [1.165, 1.54) is 12.1 Å². The second kappa shape index (κ2) is 9.10. The van der Waals surface area contributed by atoms with Gasteiger partial charge in [-0.15, -0.1) is 0 Å². The first-order valence-electron chi connectivity index (χ1n) is 9.75. The molecule has 1 aliphatic rings. The van der Waals surface area contributed by atoms with Crippen LogP contribution in [0.15, 0.2) is 36.7 Å². The van der Waals surface area contributed by atoms with Crippen LogP contribution in [0.25, 0.3) is 0 Å². The summed E-state index contributed by atoms with van der Waals surface area (Å²) in [6.07, 6.45) is 4.05. The van der Waals surface area contributed by atoms with Gasteiger partial charge in [0.1, 0.15) is 5.82 Å². The maximum Gasteiger partial charge on any atom is 0.257 e. The third-order valence-corrected chi connectivity index (χ3v) is 5.23. The van der Waals surface area contributed by atoms with Crippen LogP contribution in [0.2, 0.25) is 0 Å². The minimum absolute atomic E-state index is 0.0306. The van der Waals surface area contributed by atoms with E-state index in [9.17, 15) is 9.18 Å². The Kier molecular flexibility index (Phi) is 6.57. The highest BCUT2D eigenvalue weighted by atomic mass is 19.1. The van der Waals surface area contributed by atoms with Crippen LogP contribution in [0.3, 0.4) is 0 Å². The Bertz CT molecular complexity index is 778. The molecule has 0 saturated carbocycles. The minimum Gasteiger partial charge on any atom is -0.357 e. The van der Waals surface area contributed by atoms with Crippen molar-refractivity contribution in [3.05, 3.63) is 53.6 Å². The summed E-state index contributed by atoms with van der Waals surface area (Å²) in [4.78, 5) is 25.6. The average molecular weight is 385 g/mol. The van der Waals surface area contributed by atoms with E-state index >= 15 is 0 Å². The van der Waals surface area contributed by atoms with Crippen molar-refractivity contribution in [2.45, 2.75) is 32.9 Å². The molecule has 6 nitrogen and oxygen atoms in total. The van der Waals surface area contributed by atoms with Crippen molar-refractivity contribution in [1.29, 1.82) is 0 Å². The molecule has 1 aromatic heterocycles. The van der Waals surface area contributed by atoms with Crippen molar-refractivity contribution in [2.75, 3.05) is 32.0 Å². The molecule has 1 N–H and O–H groups in total. The number of amides is 1. The van der Waals surface area contributed by atoms with E-state index < -0.39 is 0 Å². The molecule has 3 rings (SSSR count). The summed E-state index contributed by atoms with van der Waals surface area (Å²) < 4.78 is 13.2. The largest absolute Gasteiger partial charge is 0.357 e. The normalized spacial score (nSPS) is 18.2. The van der Waals surface area contributed by atoms with Gasteiger partial charge in [0.25, 0.3) is 5.91 Å². The third-order valence-electron chi connectivity index (χ3n) is 5.23. The molecular weight excluding hydrogens is 357 g/mol. The Morgan fingerprint density at radius 1 is 1.21 bits per heavy atom. The van der Waals surface area contributed by atoms with Gasteiger partial charge in [-0.1, -0.05) is 26.0 Å². The molecular formula is C21H28FN5O. The Morgan fingerprint density at radius 3 is 2.50 bits per heavy atom. The summed E-state index contributed by atoms with van der Waals surface area (Å²) in [5.41, 5.74) is 1.59. The molecule has 0 bridgehead atoms. The number of carbonyl (C=O) groups excluding carboxylic acids is 1. The van der Waals surface area contributed by atoms with Crippen LogP contribution in [-0.2, 0) is 6.54 Å².